The lowest BCUT2D eigenvalue weighted by Crippen LogP contribution is -1.93. The van der Waals surface area contributed by atoms with Crippen LogP contribution in [0.3, 0.4) is 0 Å². The quantitative estimate of drug-likeness (QED) is 0.0497. The number of halogens is 4. The Labute approximate surface area is 316 Å². The van der Waals surface area contributed by atoms with Gasteiger partial charge in [-0.25, -0.2) is 0 Å². The van der Waals surface area contributed by atoms with E-state index >= 15 is 0 Å². The molecule has 4 aromatic carbocycles. The summed E-state index contributed by atoms with van der Waals surface area (Å²) in [4.78, 5) is 8.85. The minimum Gasteiger partial charge on any atom is -0.507 e. The third-order valence-corrected chi connectivity index (χ3v) is 9.69. The van der Waals surface area contributed by atoms with Gasteiger partial charge in [0.05, 0.1) is 42.8 Å². The van der Waals surface area contributed by atoms with E-state index in [0.717, 1.165) is 10.1 Å². The number of nitrogens with zero attached hydrogens (tertiary/aromatic N) is 8. The first-order valence-electron chi connectivity index (χ1n) is 14.7. The van der Waals surface area contributed by atoms with Gasteiger partial charge in [-0.2, -0.15) is 20.5 Å². The summed E-state index contributed by atoms with van der Waals surface area (Å²) in [5.74, 6) is 1.53. The molecule has 5 rings (SSSR count). The standard InChI is InChI=1S/C34H26Cl4N8O2S2/c35-27-5-1-25(17-29(27)37)43-41-23-3-7-31(47)21(15-23)19-39-11-13-49-33-9-10-34(46-45-33)50-14-12-40-20-22-16-24(4-8-32(22)48)42-44-26-2-6-28(36)30(38)18-26/h1-10,15-20,47-48H,11-14H2. The van der Waals surface area contributed by atoms with E-state index in [1.165, 1.54) is 23.5 Å². The molecule has 2 N–H and O–H groups in total. The highest BCUT2D eigenvalue weighted by molar-refractivity contribution is 7.99. The molecular weight excluding hydrogens is 758 g/mol. The number of aliphatic imine (C=N–C) groups is 2. The van der Waals surface area contributed by atoms with Crippen LogP contribution in [0.25, 0.3) is 0 Å². The first kappa shape index (κ1) is 37.2. The molecular formula is C34H26Cl4N8O2S2. The van der Waals surface area contributed by atoms with Crippen LogP contribution in [0.5, 0.6) is 11.5 Å². The van der Waals surface area contributed by atoms with Gasteiger partial charge in [0.2, 0.25) is 0 Å². The van der Waals surface area contributed by atoms with Crippen molar-refractivity contribution in [3.05, 3.63) is 116 Å². The summed E-state index contributed by atoms with van der Waals surface area (Å²) in [7, 11) is 0. The molecule has 0 radical (unpaired) electrons. The Morgan fingerprint density at radius 1 is 0.500 bits per heavy atom. The smallest absolute Gasteiger partial charge is 0.124 e. The van der Waals surface area contributed by atoms with Gasteiger partial charge in [0.1, 0.15) is 21.6 Å². The normalized spacial score (nSPS) is 11.9. The van der Waals surface area contributed by atoms with Crippen LogP contribution in [0.4, 0.5) is 22.7 Å². The molecule has 0 unspecified atom stereocenters. The number of rotatable bonds is 14. The van der Waals surface area contributed by atoms with Gasteiger partial charge in [-0.05, 0) is 84.9 Å². The lowest BCUT2D eigenvalue weighted by molar-refractivity contribution is 0.474. The number of phenols is 2. The predicted molar refractivity (Wildman–Crippen MR) is 206 cm³/mol. The van der Waals surface area contributed by atoms with Crippen molar-refractivity contribution >= 4 is 105 Å². The average molecular weight is 785 g/mol. The van der Waals surface area contributed by atoms with Crippen LogP contribution in [-0.4, -0.2) is 57.4 Å². The molecule has 0 aliphatic rings. The number of hydrogen-bond donors (Lipinski definition) is 2. The summed E-state index contributed by atoms with van der Waals surface area (Å²) in [6.45, 7) is 1.02. The monoisotopic (exact) mass is 782 g/mol. The van der Waals surface area contributed by atoms with Gasteiger partial charge < -0.3 is 10.2 Å². The molecule has 0 saturated heterocycles. The van der Waals surface area contributed by atoms with Crippen LogP contribution in [-0.2, 0) is 0 Å². The first-order chi connectivity index (χ1) is 24.2. The van der Waals surface area contributed by atoms with Crippen molar-refractivity contribution in [1.29, 1.82) is 0 Å². The van der Waals surface area contributed by atoms with Gasteiger partial charge in [0, 0.05) is 48.2 Å². The summed E-state index contributed by atoms with van der Waals surface area (Å²) in [6, 6.07) is 23.6. The molecule has 0 atom stereocenters. The Balaban J connectivity index is 1.03. The molecule has 10 nitrogen and oxygen atoms in total. The van der Waals surface area contributed by atoms with Crippen molar-refractivity contribution in [3.63, 3.8) is 0 Å². The summed E-state index contributed by atoms with van der Waals surface area (Å²) in [5, 5.41) is 49.0. The highest BCUT2D eigenvalue weighted by Gasteiger charge is 2.05. The maximum Gasteiger partial charge on any atom is 0.124 e. The van der Waals surface area contributed by atoms with E-state index in [0.29, 0.717) is 78.6 Å². The summed E-state index contributed by atoms with van der Waals surface area (Å²) in [6.07, 6.45) is 3.20. The topological polar surface area (TPSA) is 140 Å². The third kappa shape index (κ3) is 11.5. The molecule has 0 aliphatic carbocycles. The SMILES string of the molecule is Oc1ccc(N=Nc2ccc(Cl)c(Cl)c2)cc1C=NCCSc1ccc(SCCN=Cc2cc(N=Nc3ccc(Cl)c(Cl)c3)ccc2O)nn1. The minimum absolute atomic E-state index is 0.0896. The highest BCUT2D eigenvalue weighted by Crippen LogP contribution is 2.30. The van der Waals surface area contributed by atoms with Crippen molar-refractivity contribution < 1.29 is 10.2 Å². The molecule has 0 amide bonds. The second-order valence-electron chi connectivity index (χ2n) is 10.1. The van der Waals surface area contributed by atoms with Crippen molar-refractivity contribution in [2.24, 2.45) is 30.4 Å². The number of benzene rings is 4. The number of hydrogen-bond acceptors (Lipinski definition) is 12. The number of azo groups is 2. The van der Waals surface area contributed by atoms with Crippen molar-refractivity contribution in [2.75, 3.05) is 24.6 Å². The Bertz CT molecular complexity index is 1920. The van der Waals surface area contributed by atoms with Crippen LogP contribution in [0.15, 0.2) is 125 Å². The maximum absolute atomic E-state index is 10.2. The lowest BCUT2D eigenvalue weighted by Gasteiger charge is -2.02. The second-order valence-corrected chi connectivity index (χ2v) is 13.9. The van der Waals surface area contributed by atoms with Gasteiger partial charge in [-0.15, -0.1) is 33.7 Å². The van der Waals surface area contributed by atoms with Gasteiger partial charge >= 0.3 is 0 Å². The highest BCUT2D eigenvalue weighted by atomic mass is 35.5. The Morgan fingerprint density at radius 2 is 0.880 bits per heavy atom. The summed E-state index contributed by atoms with van der Waals surface area (Å²) >= 11 is 27.0. The number of aromatic hydroxyl groups is 2. The zero-order valence-electron chi connectivity index (χ0n) is 25.9. The van der Waals surface area contributed by atoms with Crippen LogP contribution in [0.1, 0.15) is 11.1 Å². The molecule has 0 spiro atoms. The third-order valence-electron chi connectivity index (χ3n) is 6.41. The molecule has 0 bridgehead atoms. The largest absolute Gasteiger partial charge is 0.507 e. The maximum atomic E-state index is 10.2. The summed E-state index contributed by atoms with van der Waals surface area (Å²) in [5.41, 5.74) is 3.27. The van der Waals surface area contributed by atoms with E-state index in [2.05, 4.69) is 40.6 Å². The van der Waals surface area contributed by atoms with Crippen LogP contribution in [0, 0.1) is 0 Å². The molecule has 50 heavy (non-hydrogen) atoms. The van der Waals surface area contributed by atoms with Crippen LogP contribution >= 0.6 is 69.9 Å². The van der Waals surface area contributed by atoms with E-state index in [9.17, 15) is 10.2 Å². The fourth-order valence-corrected chi connectivity index (χ4v) is 5.86. The fourth-order valence-electron chi connectivity index (χ4n) is 3.93. The molecule has 254 valence electrons. The number of phenolic OH excluding ortho intramolecular Hbond substituents is 2. The van der Waals surface area contributed by atoms with E-state index in [4.69, 9.17) is 46.4 Å². The second kappa shape index (κ2) is 18.8. The van der Waals surface area contributed by atoms with E-state index in [-0.39, 0.29) is 11.5 Å². The Hall–Kier alpha value is -4.04. The average Bonchev–Trinajstić information content (AvgIpc) is 3.11. The molecule has 16 heteroatoms. The van der Waals surface area contributed by atoms with Crippen molar-refractivity contribution in [3.8, 4) is 11.5 Å². The molecule has 1 aromatic heterocycles. The molecule has 0 aliphatic heterocycles. The number of aromatic nitrogens is 2. The fraction of sp³-hybridized carbons (Fsp3) is 0.118. The summed E-state index contributed by atoms with van der Waals surface area (Å²) < 4.78 is 0. The van der Waals surface area contributed by atoms with Crippen LogP contribution in [0.2, 0.25) is 20.1 Å². The molecule has 0 saturated carbocycles. The minimum atomic E-state index is 0.0896. The van der Waals surface area contributed by atoms with Gasteiger partial charge in [-0.3, -0.25) is 9.98 Å². The first-order valence-corrected chi connectivity index (χ1v) is 18.2. The van der Waals surface area contributed by atoms with Gasteiger partial charge in [0.15, 0.2) is 0 Å². The zero-order valence-corrected chi connectivity index (χ0v) is 30.5. The molecule has 1 heterocycles. The Kier molecular flexibility index (Phi) is 14.0. The lowest BCUT2D eigenvalue weighted by atomic mass is 10.2. The predicted octanol–water partition coefficient (Wildman–Crippen LogP) is 11.8. The van der Waals surface area contributed by atoms with Crippen molar-refractivity contribution in [1.82, 2.24) is 10.2 Å². The zero-order chi connectivity index (χ0) is 35.3. The van der Waals surface area contributed by atoms with Crippen molar-refractivity contribution in [2.45, 2.75) is 10.1 Å². The Morgan fingerprint density at radius 3 is 1.26 bits per heavy atom. The van der Waals surface area contributed by atoms with Gasteiger partial charge in [-0.1, -0.05) is 46.4 Å². The van der Waals surface area contributed by atoms with Crippen LogP contribution < -0.4 is 0 Å². The van der Waals surface area contributed by atoms with E-state index < -0.39 is 0 Å². The van der Waals surface area contributed by atoms with E-state index in [1.807, 2.05) is 12.1 Å². The number of thioether (sulfide) groups is 2. The molecule has 0 fully saturated rings. The molecule has 5 aromatic rings. The van der Waals surface area contributed by atoms with Gasteiger partial charge in [0.25, 0.3) is 0 Å². The van der Waals surface area contributed by atoms with E-state index in [1.54, 1.807) is 85.2 Å².